The van der Waals surface area contributed by atoms with Crippen molar-refractivity contribution in [2.75, 3.05) is 32.1 Å². The van der Waals surface area contributed by atoms with Gasteiger partial charge < -0.3 is 15.0 Å². The Kier molecular flexibility index (Phi) is 4.99. The maximum atomic E-state index is 13.5. The number of hydrogen-bond acceptors (Lipinski definition) is 3. The number of fused-ring (bicyclic) bond motifs is 1. The van der Waals surface area contributed by atoms with Crippen LogP contribution in [0.1, 0.15) is 22.3 Å². The number of ether oxygens (including phenoxy) is 1. The fourth-order valence-corrected chi connectivity index (χ4v) is 2.87. The standard InChI is InChI=1S/C19H21FN2O2/c1-22(12-13-24-18-10-3-2-8-16(18)20)19(23)15-6-4-9-17-14(15)7-5-11-21-17/h2-4,6,8-10,21H,5,7,11-13H2,1H3. The summed E-state index contributed by atoms with van der Waals surface area (Å²) in [6.45, 7) is 1.58. The number of amides is 1. The Balaban J connectivity index is 1.62. The number of anilines is 1. The zero-order valence-electron chi connectivity index (χ0n) is 13.7. The molecule has 2 aromatic carbocycles. The van der Waals surface area contributed by atoms with Crippen molar-refractivity contribution in [3.8, 4) is 5.75 Å². The van der Waals surface area contributed by atoms with Gasteiger partial charge in [0.25, 0.3) is 5.91 Å². The quantitative estimate of drug-likeness (QED) is 0.915. The van der Waals surface area contributed by atoms with Crippen molar-refractivity contribution < 1.29 is 13.9 Å². The highest BCUT2D eigenvalue weighted by Gasteiger charge is 2.20. The Morgan fingerprint density at radius 1 is 1.25 bits per heavy atom. The Bertz CT molecular complexity index is 733. The molecule has 0 spiro atoms. The lowest BCUT2D eigenvalue weighted by atomic mass is 9.97. The SMILES string of the molecule is CN(CCOc1ccccc1F)C(=O)c1cccc2c1CCCN2. The molecule has 0 saturated heterocycles. The van der Waals surface area contributed by atoms with Crippen LogP contribution in [0.15, 0.2) is 42.5 Å². The minimum atomic E-state index is -0.394. The van der Waals surface area contributed by atoms with Gasteiger partial charge in [-0.1, -0.05) is 18.2 Å². The third-order valence-electron chi connectivity index (χ3n) is 4.19. The molecule has 1 aliphatic rings. The second-order valence-corrected chi connectivity index (χ2v) is 5.87. The van der Waals surface area contributed by atoms with Gasteiger partial charge in [0.15, 0.2) is 11.6 Å². The number of rotatable bonds is 5. The lowest BCUT2D eigenvalue weighted by Gasteiger charge is -2.23. The number of nitrogens with one attached hydrogen (secondary N) is 1. The largest absolute Gasteiger partial charge is 0.489 e. The van der Waals surface area contributed by atoms with E-state index >= 15 is 0 Å². The number of para-hydroxylation sites is 1. The molecular formula is C19H21FN2O2. The predicted octanol–water partition coefficient (Wildman–Crippen LogP) is 3.33. The molecule has 0 bridgehead atoms. The topological polar surface area (TPSA) is 41.6 Å². The lowest BCUT2D eigenvalue weighted by molar-refractivity contribution is 0.0772. The van der Waals surface area contributed by atoms with Gasteiger partial charge in [-0.15, -0.1) is 0 Å². The van der Waals surface area contributed by atoms with Crippen LogP contribution in [0.4, 0.5) is 10.1 Å². The van der Waals surface area contributed by atoms with Gasteiger partial charge in [0.05, 0.1) is 6.54 Å². The molecule has 0 aliphatic carbocycles. The van der Waals surface area contributed by atoms with Crippen LogP contribution in [-0.2, 0) is 6.42 Å². The van der Waals surface area contributed by atoms with E-state index < -0.39 is 5.82 Å². The zero-order valence-corrected chi connectivity index (χ0v) is 13.7. The molecule has 1 heterocycles. The van der Waals surface area contributed by atoms with Crippen LogP contribution in [0.5, 0.6) is 5.75 Å². The minimum Gasteiger partial charge on any atom is -0.489 e. The van der Waals surface area contributed by atoms with Crippen molar-refractivity contribution in [3.63, 3.8) is 0 Å². The van der Waals surface area contributed by atoms with Crippen LogP contribution in [0.25, 0.3) is 0 Å². The molecule has 1 amide bonds. The summed E-state index contributed by atoms with van der Waals surface area (Å²) in [4.78, 5) is 14.3. The van der Waals surface area contributed by atoms with E-state index in [4.69, 9.17) is 4.74 Å². The average molecular weight is 328 g/mol. The molecule has 1 N–H and O–H groups in total. The molecule has 126 valence electrons. The van der Waals surface area contributed by atoms with E-state index in [1.807, 2.05) is 18.2 Å². The number of carbonyl (C=O) groups excluding carboxylic acids is 1. The number of likely N-dealkylation sites (N-methyl/N-ethyl adjacent to an activating group) is 1. The van der Waals surface area contributed by atoms with Gasteiger partial charge in [0.1, 0.15) is 6.61 Å². The Hall–Kier alpha value is -2.56. The number of halogens is 1. The fourth-order valence-electron chi connectivity index (χ4n) is 2.87. The summed E-state index contributed by atoms with van der Waals surface area (Å²) in [6.07, 6.45) is 1.93. The molecule has 0 radical (unpaired) electrons. The molecular weight excluding hydrogens is 307 g/mol. The molecule has 3 rings (SSSR count). The summed E-state index contributed by atoms with van der Waals surface area (Å²) < 4.78 is 18.9. The minimum absolute atomic E-state index is 0.0346. The van der Waals surface area contributed by atoms with E-state index in [-0.39, 0.29) is 18.3 Å². The van der Waals surface area contributed by atoms with Crippen molar-refractivity contribution in [2.45, 2.75) is 12.8 Å². The zero-order chi connectivity index (χ0) is 16.9. The van der Waals surface area contributed by atoms with Crippen molar-refractivity contribution in [1.82, 2.24) is 4.90 Å². The summed E-state index contributed by atoms with van der Waals surface area (Å²) in [5, 5.41) is 3.33. The number of hydrogen-bond donors (Lipinski definition) is 1. The van der Waals surface area contributed by atoms with Crippen LogP contribution in [0, 0.1) is 5.82 Å². The highest BCUT2D eigenvalue weighted by Crippen LogP contribution is 2.26. The first-order valence-corrected chi connectivity index (χ1v) is 8.15. The smallest absolute Gasteiger partial charge is 0.254 e. The maximum Gasteiger partial charge on any atom is 0.254 e. The molecule has 24 heavy (non-hydrogen) atoms. The van der Waals surface area contributed by atoms with Crippen LogP contribution >= 0.6 is 0 Å². The second-order valence-electron chi connectivity index (χ2n) is 5.87. The van der Waals surface area contributed by atoms with E-state index in [9.17, 15) is 9.18 Å². The van der Waals surface area contributed by atoms with Crippen LogP contribution < -0.4 is 10.1 Å². The average Bonchev–Trinajstić information content (AvgIpc) is 2.62. The first kappa shape index (κ1) is 16.3. The van der Waals surface area contributed by atoms with Crippen molar-refractivity contribution in [3.05, 3.63) is 59.4 Å². The van der Waals surface area contributed by atoms with Crippen molar-refractivity contribution in [1.29, 1.82) is 0 Å². The predicted molar refractivity (Wildman–Crippen MR) is 92.1 cm³/mol. The molecule has 0 fully saturated rings. The van der Waals surface area contributed by atoms with Gasteiger partial charge in [-0.3, -0.25) is 4.79 Å². The molecule has 1 aliphatic heterocycles. The van der Waals surface area contributed by atoms with Gasteiger partial charge in [0.2, 0.25) is 0 Å². The molecule has 0 atom stereocenters. The molecule has 2 aromatic rings. The Morgan fingerprint density at radius 3 is 2.92 bits per heavy atom. The number of benzene rings is 2. The van der Waals surface area contributed by atoms with Gasteiger partial charge >= 0.3 is 0 Å². The van der Waals surface area contributed by atoms with Crippen LogP contribution in [-0.4, -0.2) is 37.6 Å². The van der Waals surface area contributed by atoms with E-state index in [1.165, 1.54) is 6.07 Å². The van der Waals surface area contributed by atoms with Crippen LogP contribution in [0.2, 0.25) is 0 Å². The highest BCUT2D eigenvalue weighted by atomic mass is 19.1. The lowest BCUT2D eigenvalue weighted by Crippen LogP contribution is -2.32. The van der Waals surface area contributed by atoms with Gasteiger partial charge in [0, 0.05) is 24.8 Å². The summed E-state index contributed by atoms with van der Waals surface area (Å²) in [6, 6.07) is 12.0. The third-order valence-corrected chi connectivity index (χ3v) is 4.19. The van der Waals surface area contributed by atoms with E-state index in [2.05, 4.69) is 5.32 Å². The normalized spacial score (nSPS) is 12.9. The monoisotopic (exact) mass is 328 g/mol. The molecule has 0 aromatic heterocycles. The summed E-state index contributed by atoms with van der Waals surface area (Å²) in [5.74, 6) is -0.220. The fraction of sp³-hybridized carbons (Fsp3) is 0.316. The number of nitrogens with zero attached hydrogens (tertiary/aromatic N) is 1. The van der Waals surface area contributed by atoms with Crippen LogP contribution in [0.3, 0.4) is 0 Å². The summed E-state index contributed by atoms with van der Waals surface area (Å²) in [5.41, 5.74) is 2.85. The van der Waals surface area contributed by atoms with E-state index in [0.717, 1.165) is 36.2 Å². The second kappa shape index (κ2) is 7.34. The summed E-state index contributed by atoms with van der Waals surface area (Å²) in [7, 11) is 1.74. The highest BCUT2D eigenvalue weighted by molar-refractivity contribution is 5.97. The molecule has 0 unspecified atom stereocenters. The van der Waals surface area contributed by atoms with Crippen molar-refractivity contribution in [2.24, 2.45) is 0 Å². The van der Waals surface area contributed by atoms with E-state index in [0.29, 0.717) is 6.54 Å². The van der Waals surface area contributed by atoms with E-state index in [1.54, 1.807) is 30.1 Å². The van der Waals surface area contributed by atoms with Gasteiger partial charge in [-0.05, 0) is 42.7 Å². The summed E-state index contributed by atoms with van der Waals surface area (Å²) >= 11 is 0. The Labute approximate surface area is 141 Å². The number of carbonyl (C=O) groups is 1. The third kappa shape index (κ3) is 3.50. The molecule has 4 nitrogen and oxygen atoms in total. The maximum absolute atomic E-state index is 13.5. The first-order valence-electron chi connectivity index (χ1n) is 8.15. The van der Waals surface area contributed by atoms with Crippen molar-refractivity contribution >= 4 is 11.6 Å². The molecule has 5 heteroatoms. The Morgan fingerprint density at radius 2 is 2.08 bits per heavy atom. The molecule has 0 saturated carbocycles. The first-order chi connectivity index (χ1) is 11.7. The van der Waals surface area contributed by atoms with Gasteiger partial charge in [-0.25, -0.2) is 4.39 Å². The van der Waals surface area contributed by atoms with Gasteiger partial charge in [-0.2, -0.15) is 0 Å².